The molecule has 0 saturated heterocycles. The van der Waals surface area contributed by atoms with E-state index in [4.69, 9.17) is 26.8 Å². The van der Waals surface area contributed by atoms with Crippen LogP contribution in [0.1, 0.15) is 21.5 Å². The Balaban J connectivity index is 1.26. The highest BCUT2D eigenvalue weighted by Crippen LogP contribution is 2.17. The first-order valence-corrected chi connectivity index (χ1v) is 10.9. The highest BCUT2D eigenvalue weighted by molar-refractivity contribution is 6.30. The van der Waals surface area contributed by atoms with Crippen molar-refractivity contribution in [1.82, 2.24) is 25.1 Å². The molecule has 34 heavy (non-hydrogen) atoms. The quantitative estimate of drug-likeness (QED) is 0.335. The van der Waals surface area contributed by atoms with Gasteiger partial charge in [0.05, 0.1) is 13.1 Å². The lowest BCUT2D eigenvalue weighted by Gasteiger charge is -2.07. The van der Waals surface area contributed by atoms with Crippen molar-refractivity contribution in [2.75, 3.05) is 18.9 Å². The lowest BCUT2D eigenvalue weighted by Crippen LogP contribution is -2.28. The van der Waals surface area contributed by atoms with Crippen LogP contribution in [0.15, 0.2) is 73.2 Å². The molecule has 4 aromatic rings. The molecule has 0 atom stereocenters. The molecule has 0 saturated carbocycles. The number of aromatic nitrogens is 4. The van der Waals surface area contributed by atoms with Gasteiger partial charge in [0.25, 0.3) is 5.91 Å². The third-order valence-electron chi connectivity index (χ3n) is 4.76. The van der Waals surface area contributed by atoms with Crippen LogP contribution in [0, 0.1) is 0 Å². The summed E-state index contributed by atoms with van der Waals surface area (Å²) < 4.78 is 12.8. The van der Waals surface area contributed by atoms with E-state index >= 15 is 0 Å². The van der Waals surface area contributed by atoms with Crippen molar-refractivity contribution in [3.05, 3.63) is 94.9 Å². The lowest BCUT2D eigenvalue weighted by molar-refractivity contribution is 0.0947. The molecule has 0 aliphatic carbocycles. The number of nitrogens with one attached hydrogen (secondary N) is 1. The van der Waals surface area contributed by atoms with Gasteiger partial charge in [-0.25, -0.2) is 9.97 Å². The maximum Gasteiger partial charge on any atom is 0.316 e. The van der Waals surface area contributed by atoms with E-state index in [9.17, 15) is 4.79 Å². The fourth-order valence-electron chi connectivity index (χ4n) is 3.11. The van der Waals surface area contributed by atoms with Gasteiger partial charge in [-0.05, 0) is 35.4 Å². The molecule has 0 radical (unpaired) electrons. The number of rotatable bonds is 10. The average Bonchev–Trinajstić information content (AvgIpc) is 3.22. The number of nitrogens with two attached hydrogens (primary N) is 1. The van der Waals surface area contributed by atoms with Crippen LogP contribution in [-0.4, -0.2) is 38.8 Å². The second-order valence-corrected chi connectivity index (χ2v) is 7.76. The van der Waals surface area contributed by atoms with Gasteiger partial charge < -0.3 is 20.5 Å². The predicted octanol–water partition coefficient (Wildman–Crippen LogP) is 3.34. The minimum absolute atomic E-state index is 0.168. The van der Waals surface area contributed by atoms with E-state index < -0.39 is 0 Å². The zero-order valence-electron chi connectivity index (χ0n) is 18.2. The van der Waals surface area contributed by atoms with Gasteiger partial charge in [0.1, 0.15) is 24.5 Å². The summed E-state index contributed by atoms with van der Waals surface area (Å²) in [5.74, 6) is 0.496. The molecule has 1 amide bonds. The molecule has 2 heterocycles. The Kier molecular flexibility index (Phi) is 7.56. The number of nitrogens with zero attached hydrogens (tertiary/aromatic N) is 4. The molecular weight excluding hydrogens is 456 g/mol. The molecule has 4 rings (SSSR count). The maximum absolute atomic E-state index is 12.5. The molecule has 0 aliphatic rings. The van der Waals surface area contributed by atoms with E-state index in [1.807, 2.05) is 24.3 Å². The van der Waals surface area contributed by atoms with E-state index in [0.717, 1.165) is 11.1 Å². The van der Waals surface area contributed by atoms with Crippen LogP contribution in [0.5, 0.6) is 11.8 Å². The fraction of sp³-hybridized carbons (Fsp3) is 0.167. The summed E-state index contributed by atoms with van der Waals surface area (Å²) in [6.07, 6.45) is 4.89. The molecule has 0 fully saturated rings. The molecule has 3 N–H and O–H groups in total. The monoisotopic (exact) mass is 478 g/mol. The largest absolute Gasteiger partial charge is 0.492 e. The third-order valence-corrected chi connectivity index (χ3v) is 5.00. The summed E-state index contributed by atoms with van der Waals surface area (Å²) in [4.78, 5) is 20.5. The average molecular weight is 479 g/mol. The van der Waals surface area contributed by atoms with Gasteiger partial charge >= 0.3 is 6.01 Å². The second kappa shape index (κ2) is 11.2. The van der Waals surface area contributed by atoms with Gasteiger partial charge in [0.2, 0.25) is 0 Å². The number of carbonyl (C=O) groups excluding carboxylic acids is 1. The number of hydrogen-bond acceptors (Lipinski definition) is 7. The summed E-state index contributed by atoms with van der Waals surface area (Å²) in [5.41, 5.74) is 8.26. The van der Waals surface area contributed by atoms with Crippen molar-refractivity contribution in [3.63, 3.8) is 0 Å². The first-order valence-electron chi connectivity index (χ1n) is 10.5. The normalized spacial score (nSPS) is 10.6. The number of anilines is 1. The lowest BCUT2D eigenvalue weighted by atomic mass is 10.1. The van der Waals surface area contributed by atoms with Gasteiger partial charge in [-0.3, -0.25) is 9.48 Å². The first-order chi connectivity index (χ1) is 16.6. The predicted molar refractivity (Wildman–Crippen MR) is 128 cm³/mol. The Morgan fingerprint density at radius 3 is 2.56 bits per heavy atom. The standard InChI is InChI=1S/C24H23ClN6O3/c25-19-3-1-4-20(13-19)33-12-11-27-23(32)21-15-31(30-22(21)26)14-17-5-7-18(8-6-17)16-34-24-28-9-2-10-29-24/h1-10,13,15H,11-12,14,16H2,(H2,26,30)(H,27,32). The van der Waals surface area contributed by atoms with Crippen molar-refractivity contribution in [2.45, 2.75) is 13.2 Å². The summed E-state index contributed by atoms with van der Waals surface area (Å²) >= 11 is 5.93. The van der Waals surface area contributed by atoms with Gasteiger partial charge in [0.15, 0.2) is 5.82 Å². The molecule has 0 spiro atoms. The van der Waals surface area contributed by atoms with Crippen molar-refractivity contribution < 1.29 is 14.3 Å². The first kappa shape index (κ1) is 23.1. The molecule has 0 unspecified atom stereocenters. The highest BCUT2D eigenvalue weighted by atomic mass is 35.5. The van der Waals surface area contributed by atoms with Crippen LogP contribution >= 0.6 is 11.6 Å². The van der Waals surface area contributed by atoms with Crippen LogP contribution in [0.4, 0.5) is 5.82 Å². The Morgan fingerprint density at radius 1 is 1.03 bits per heavy atom. The Morgan fingerprint density at radius 2 is 1.79 bits per heavy atom. The zero-order valence-corrected chi connectivity index (χ0v) is 19.0. The Hall–Kier alpha value is -4.11. The minimum atomic E-state index is -0.311. The molecule has 0 aliphatic heterocycles. The SMILES string of the molecule is Nc1nn(Cc2ccc(COc3ncccn3)cc2)cc1C(=O)NCCOc1cccc(Cl)c1. The molecular formula is C24H23ClN6O3. The molecule has 174 valence electrons. The van der Waals surface area contributed by atoms with Gasteiger partial charge in [-0.15, -0.1) is 0 Å². The Labute approximate surface area is 201 Å². The van der Waals surface area contributed by atoms with Gasteiger partial charge in [-0.2, -0.15) is 5.10 Å². The number of ether oxygens (including phenoxy) is 2. The minimum Gasteiger partial charge on any atom is -0.492 e. The summed E-state index contributed by atoms with van der Waals surface area (Å²) in [7, 11) is 0. The van der Waals surface area contributed by atoms with Crippen LogP contribution in [-0.2, 0) is 13.2 Å². The topological polar surface area (TPSA) is 117 Å². The van der Waals surface area contributed by atoms with Crippen LogP contribution in [0.3, 0.4) is 0 Å². The fourth-order valence-corrected chi connectivity index (χ4v) is 3.29. The number of benzene rings is 2. The zero-order chi connectivity index (χ0) is 23.8. The molecule has 9 nitrogen and oxygen atoms in total. The molecule has 2 aromatic carbocycles. The van der Waals surface area contributed by atoms with Crippen LogP contribution < -0.4 is 20.5 Å². The van der Waals surface area contributed by atoms with Crippen LogP contribution in [0.2, 0.25) is 5.02 Å². The molecule has 2 aromatic heterocycles. The smallest absolute Gasteiger partial charge is 0.316 e. The highest BCUT2D eigenvalue weighted by Gasteiger charge is 2.14. The van der Waals surface area contributed by atoms with Gasteiger partial charge in [0, 0.05) is 23.6 Å². The van der Waals surface area contributed by atoms with E-state index in [0.29, 0.717) is 48.6 Å². The summed E-state index contributed by atoms with van der Waals surface area (Å²) in [5, 5.41) is 7.63. The van der Waals surface area contributed by atoms with E-state index in [1.165, 1.54) is 0 Å². The van der Waals surface area contributed by atoms with Crippen molar-refractivity contribution in [2.24, 2.45) is 0 Å². The second-order valence-electron chi connectivity index (χ2n) is 7.32. The number of carbonyl (C=O) groups is 1. The molecule has 10 heteroatoms. The van der Waals surface area contributed by atoms with E-state index in [1.54, 1.807) is 53.6 Å². The maximum atomic E-state index is 12.5. The number of amides is 1. The number of nitrogen functional groups attached to an aromatic ring is 1. The number of halogens is 1. The summed E-state index contributed by atoms with van der Waals surface area (Å²) in [6, 6.07) is 17.0. The van der Waals surface area contributed by atoms with E-state index in [2.05, 4.69) is 20.4 Å². The molecule has 0 bridgehead atoms. The van der Waals surface area contributed by atoms with Crippen molar-refractivity contribution >= 4 is 23.3 Å². The number of hydrogen-bond donors (Lipinski definition) is 2. The van der Waals surface area contributed by atoms with Crippen molar-refractivity contribution in [3.8, 4) is 11.8 Å². The van der Waals surface area contributed by atoms with Crippen molar-refractivity contribution in [1.29, 1.82) is 0 Å². The van der Waals surface area contributed by atoms with Crippen LogP contribution in [0.25, 0.3) is 0 Å². The Bertz CT molecular complexity index is 1230. The summed E-state index contributed by atoms with van der Waals surface area (Å²) in [6.45, 7) is 1.45. The van der Waals surface area contributed by atoms with Gasteiger partial charge in [-0.1, -0.05) is 41.9 Å². The third kappa shape index (κ3) is 6.46. The van der Waals surface area contributed by atoms with E-state index in [-0.39, 0.29) is 11.7 Å².